The zero-order chi connectivity index (χ0) is 14.1. The van der Waals surface area contributed by atoms with Crippen LogP contribution in [0.4, 0.5) is 0 Å². The number of nitrogens with zero attached hydrogens (tertiary/aromatic N) is 1. The van der Waals surface area contributed by atoms with Gasteiger partial charge in [-0.25, -0.2) is 0 Å². The van der Waals surface area contributed by atoms with Crippen molar-refractivity contribution >= 4 is 24.3 Å². The van der Waals surface area contributed by atoms with Crippen LogP contribution in [-0.2, 0) is 9.59 Å². The molecule has 0 heterocycles. The van der Waals surface area contributed by atoms with E-state index in [0.717, 1.165) is 13.0 Å². The number of halogens is 1. The molecule has 5 nitrogen and oxygen atoms in total. The van der Waals surface area contributed by atoms with Crippen molar-refractivity contribution in [3.05, 3.63) is 0 Å². The Bertz CT molecular complexity index is 294. The van der Waals surface area contributed by atoms with Crippen LogP contribution >= 0.6 is 12.4 Å². The van der Waals surface area contributed by atoms with Gasteiger partial charge in [0.05, 0.1) is 13.1 Å². The van der Waals surface area contributed by atoms with Gasteiger partial charge >= 0.3 is 5.97 Å². The number of hydrogen-bond donors (Lipinski definition) is 2. The van der Waals surface area contributed by atoms with Crippen LogP contribution in [0.2, 0.25) is 0 Å². The van der Waals surface area contributed by atoms with E-state index in [1.165, 1.54) is 32.1 Å². The second-order valence-corrected chi connectivity index (χ2v) is 5.41. The number of carboxylic acid groups (broad SMARTS) is 1. The van der Waals surface area contributed by atoms with Crippen molar-refractivity contribution in [2.75, 3.05) is 26.2 Å². The molecule has 0 aromatic carbocycles. The molecule has 118 valence electrons. The Morgan fingerprint density at radius 1 is 1.20 bits per heavy atom. The van der Waals surface area contributed by atoms with Crippen LogP contribution in [0.25, 0.3) is 0 Å². The summed E-state index contributed by atoms with van der Waals surface area (Å²) in [6.45, 7) is 3.49. The summed E-state index contributed by atoms with van der Waals surface area (Å²) in [6, 6.07) is 0. The predicted molar refractivity (Wildman–Crippen MR) is 81.2 cm³/mol. The summed E-state index contributed by atoms with van der Waals surface area (Å²) in [4.78, 5) is 24.2. The summed E-state index contributed by atoms with van der Waals surface area (Å²) in [5.74, 6) is -0.328. The van der Waals surface area contributed by atoms with Crippen LogP contribution in [0.3, 0.4) is 0 Å². The Morgan fingerprint density at radius 2 is 1.85 bits per heavy atom. The first-order valence-corrected chi connectivity index (χ1v) is 7.32. The van der Waals surface area contributed by atoms with Crippen molar-refractivity contribution in [2.45, 2.75) is 45.4 Å². The Labute approximate surface area is 127 Å². The molecule has 0 atom stereocenters. The van der Waals surface area contributed by atoms with Gasteiger partial charge < -0.3 is 10.4 Å². The number of nitrogens with one attached hydrogen (secondary N) is 1. The molecule has 6 heteroatoms. The molecular weight excluding hydrogens is 280 g/mol. The zero-order valence-corrected chi connectivity index (χ0v) is 13.1. The summed E-state index contributed by atoms with van der Waals surface area (Å²) in [6.07, 6.45) is 7.10. The van der Waals surface area contributed by atoms with Crippen molar-refractivity contribution < 1.29 is 14.7 Å². The van der Waals surface area contributed by atoms with Gasteiger partial charge in [0.2, 0.25) is 5.91 Å². The molecule has 0 spiro atoms. The molecule has 1 saturated carbocycles. The Morgan fingerprint density at radius 3 is 2.40 bits per heavy atom. The number of hydrogen-bond acceptors (Lipinski definition) is 3. The highest BCUT2D eigenvalue weighted by Crippen LogP contribution is 2.22. The smallest absolute Gasteiger partial charge is 0.317 e. The van der Waals surface area contributed by atoms with E-state index < -0.39 is 5.97 Å². The van der Waals surface area contributed by atoms with Crippen LogP contribution in [0.1, 0.15) is 45.4 Å². The van der Waals surface area contributed by atoms with Crippen LogP contribution in [-0.4, -0.2) is 48.1 Å². The first-order valence-electron chi connectivity index (χ1n) is 7.32. The fourth-order valence-corrected chi connectivity index (χ4v) is 2.63. The topological polar surface area (TPSA) is 69.6 Å². The lowest BCUT2D eigenvalue weighted by Crippen LogP contribution is -2.41. The molecule has 1 aliphatic carbocycles. The number of amides is 1. The third-order valence-corrected chi connectivity index (χ3v) is 3.58. The quantitative estimate of drug-likeness (QED) is 0.718. The second kappa shape index (κ2) is 10.9. The maximum absolute atomic E-state index is 11.8. The zero-order valence-electron chi connectivity index (χ0n) is 12.3. The molecule has 0 unspecified atom stereocenters. The minimum Gasteiger partial charge on any atom is -0.480 e. The maximum Gasteiger partial charge on any atom is 0.317 e. The average molecular weight is 307 g/mol. The summed E-state index contributed by atoms with van der Waals surface area (Å²) < 4.78 is 0. The molecule has 1 fully saturated rings. The average Bonchev–Trinajstić information content (AvgIpc) is 2.37. The van der Waals surface area contributed by atoms with E-state index in [9.17, 15) is 9.59 Å². The third kappa shape index (κ3) is 8.38. The van der Waals surface area contributed by atoms with Gasteiger partial charge in [-0.2, -0.15) is 0 Å². The number of rotatable bonds is 8. The van der Waals surface area contributed by atoms with E-state index in [1.807, 2.05) is 6.92 Å². The monoisotopic (exact) mass is 306 g/mol. The highest BCUT2D eigenvalue weighted by molar-refractivity contribution is 5.85. The summed E-state index contributed by atoms with van der Waals surface area (Å²) in [5, 5.41) is 11.7. The highest BCUT2D eigenvalue weighted by atomic mass is 35.5. The standard InChI is InChI=1S/C14H26N2O3.ClH/c1-2-8-16(11-14(18)19)10-13(17)15-9-12-6-4-3-5-7-12;/h12H,2-11H2,1H3,(H,15,17)(H,18,19);1H. The van der Waals surface area contributed by atoms with Crippen LogP contribution in [0.15, 0.2) is 0 Å². The molecule has 0 aliphatic heterocycles. The number of carbonyl (C=O) groups excluding carboxylic acids is 1. The van der Waals surface area contributed by atoms with Crippen molar-refractivity contribution in [3.63, 3.8) is 0 Å². The van der Waals surface area contributed by atoms with E-state index in [0.29, 0.717) is 12.5 Å². The fourth-order valence-electron chi connectivity index (χ4n) is 2.63. The van der Waals surface area contributed by atoms with Crippen molar-refractivity contribution in [3.8, 4) is 0 Å². The van der Waals surface area contributed by atoms with E-state index in [4.69, 9.17) is 5.11 Å². The maximum atomic E-state index is 11.8. The number of aliphatic carboxylic acids is 1. The minimum atomic E-state index is -0.881. The second-order valence-electron chi connectivity index (χ2n) is 5.41. The fraction of sp³-hybridized carbons (Fsp3) is 0.857. The highest BCUT2D eigenvalue weighted by Gasteiger charge is 2.16. The van der Waals surface area contributed by atoms with Gasteiger partial charge in [0.25, 0.3) is 0 Å². The number of carboxylic acids is 1. The van der Waals surface area contributed by atoms with Gasteiger partial charge in [0, 0.05) is 6.54 Å². The third-order valence-electron chi connectivity index (χ3n) is 3.58. The van der Waals surface area contributed by atoms with E-state index in [1.54, 1.807) is 4.90 Å². The van der Waals surface area contributed by atoms with Gasteiger partial charge in [-0.1, -0.05) is 26.2 Å². The Kier molecular flexibility index (Phi) is 10.5. The van der Waals surface area contributed by atoms with E-state index in [-0.39, 0.29) is 31.4 Å². The molecular formula is C14H27ClN2O3. The summed E-state index contributed by atoms with van der Waals surface area (Å²) >= 11 is 0. The largest absolute Gasteiger partial charge is 0.480 e. The van der Waals surface area contributed by atoms with Gasteiger partial charge in [-0.3, -0.25) is 14.5 Å². The molecule has 2 N–H and O–H groups in total. The SMILES string of the molecule is CCCN(CC(=O)O)CC(=O)NCC1CCCCC1.Cl. The Balaban J connectivity index is 0.00000361. The summed E-state index contributed by atoms with van der Waals surface area (Å²) in [7, 11) is 0. The molecule has 1 aliphatic rings. The first-order chi connectivity index (χ1) is 9.11. The molecule has 0 aromatic heterocycles. The molecule has 0 radical (unpaired) electrons. The van der Waals surface area contributed by atoms with Gasteiger partial charge in [-0.15, -0.1) is 12.4 Å². The van der Waals surface area contributed by atoms with E-state index >= 15 is 0 Å². The van der Waals surface area contributed by atoms with Crippen LogP contribution in [0, 0.1) is 5.92 Å². The molecule has 0 aromatic rings. The van der Waals surface area contributed by atoms with Crippen LogP contribution in [0.5, 0.6) is 0 Å². The van der Waals surface area contributed by atoms with Crippen molar-refractivity contribution in [1.29, 1.82) is 0 Å². The molecule has 1 rings (SSSR count). The molecule has 0 bridgehead atoms. The molecule has 1 amide bonds. The van der Waals surface area contributed by atoms with Gasteiger partial charge in [0.15, 0.2) is 0 Å². The summed E-state index contributed by atoms with van der Waals surface area (Å²) in [5.41, 5.74) is 0. The molecule has 0 saturated heterocycles. The normalized spacial score (nSPS) is 15.7. The van der Waals surface area contributed by atoms with Gasteiger partial charge in [-0.05, 0) is 31.7 Å². The van der Waals surface area contributed by atoms with Crippen molar-refractivity contribution in [2.24, 2.45) is 5.92 Å². The van der Waals surface area contributed by atoms with E-state index in [2.05, 4.69) is 5.32 Å². The van der Waals surface area contributed by atoms with Gasteiger partial charge in [0.1, 0.15) is 0 Å². The Hall–Kier alpha value is -0.810. The predicted octanol–water partition coefficient (Wildman–Crippen LogP) is 1.90. The molecule has 20 heavy (non-hydrogen) atoms. The lowest BCUT2D eigenvalue weighted by molar-refractivity contribution is -0.138. The lowest BCUT2D eigenvalue weighted by Gasteiger charge is -2.23. The number of carbonyl (C=O) groups is 2. The van der Waals surface area contributed by atoms with Crippen molar-refractivity contribution in [1.82, 2.24) is 10.2 Å². The lowest BCUT2D eigenvalue weighted by atomic mass is 9.89. The minimum absolute atomic E-state index is 0. The first kappa shape index (κ1) is 19.2. The van der Waals surface area contributed by atoms with Crippen LogP contribution < -0.4 is 5.32 Å².